The van der Waals surface area contributed by atoms with E-state index in [-0.39, 0.29) is 5.56 Å². The zero-order chi connectivity index (χ0) is 19.8. The summed E-state index contributed by atoms with van der Waals surface area (Å²) in [6.45, 7) is 6.44. The lowest BCUT2D eigenvalue weighted by Crippen LogP contribution is -2.21. The molecule has 28 heavy (non-hydrogen) atoms. The minimum atomic E-state index is -0.0217. The van der Waals surface area contributed by atoms with Crippen molar-refractivity contribution in [1.82, 2.24) is 19.5 Å². The first-order valence-corrected chi connectivity index (χ1v) is 9.52. The molecule has 3 heterocycles. The van der Waals surface area contributed by atoms with Crippen LogP contribution in [0.1, 0.15) is 34.9 Å². The van der Waals surface area contributed by atoms with E-state index in [1.807, 2.05) is 32.0 Å². The molecule has 148 valence electrons. The molecule has 1 atom stereocenters. The molecule has 1 saturated heterocycles. The predicted molar refractivity (Wildman–Crippen MR) is 107 cm³/mol. The van der Waals surface area contributed by atoms with Gasteiger partial charge in [0.2, 0.25) is 0 Å². The fraction of sp³-hybridized carbons (Fsp3) is 0.429. The van der Waals surface area contributed by atoms with E-state index in [0.717, 1.165) is 54.5 Å². The number of aromatic nitrogens is 3. The average molecular weight is 382 g/mol. The first kappa shape index (κ1) is 18.6. The third-order valence-electron chi connectivity index (χ3n) is 5.70. The Bertz CT molecular complexity index is 1070. The van der Waals surface area contributed by atoms with Gasteiger partial charge in [0.1, 0.15) is 11.5 Å². The van der Waals surface area contributed by atoms with Crippen molar-refractivity contribution in [2.24, 2.45) is 0 Å². The Morgan fingerprint density at radius 3 is 2.79 bits per heavy atom. The number of fused-ring (bicyclic) bond motifs is 1. The van der Waals surface area contributed by atoms with Crippen molar-refractivity contribution in [2.75, 3.05) is 27.3 Å². The molecule has 1 aromatic carbocycles. The molecule has 0 bridgehead atoms. The normalized spacial score (nSPS) is 17.4. The number of likely N-dealkylation sites (tertiary alicyclic amines) is 1. The zero-order valence-corrected chi connectivity index (χ0v) is 16.8. The lowest BCUT2D eigenvalue weighted by molar-refractivity contribution is 0.315. The van der Waals surface area contributed by atoms with Crippen molar-refractivity contribution in [1.29, 1.82) is 0 Å². The molecule has 0 spiro atoms. The van der Waals surface area contributed by atoms with Crippen LogP contribution in [0.5, 0.6) is 11.5 Å². The SMILES string of the molecule is COc1ccc(CN2CCC(c3cc4nc(C)c(C)c(=O)n4[nH]3)C2)c(OC)c1. The number of aromatic amines is 1. The summed E-state index contributed by atoms with van der Waals surface area (Å²) in [6, 6.07) is 7.95. The third kappa shape index (κ3) is 3.26. The Kier molecular flexibility index (Phi) is 4.85. The Morgan fingerprint density at radius 1 is 1.21 bits per heavy atom. The summed E-state index contributed by atoms with van der Waals surface area (Å²) in [5.41, 5.74) is 4.36. The van der Waals surface area contributed by atoms with Crippen LogP contribution in [0.15, 0.2) is 29.1 Å². The largest absolute Gasteiger partial charge is 0.497 e. The summed E-state index contributed by atoms with van der Waals surface area (Å²) in [4.78, 5) is 19.4. The van der Waals surface area contributed by atoms with Gasteiger partial charge in [-0.15, -0.1) is 0 Å². The van der Waals surface area contributed by atoms with Gasteiger partial charge in [-0.3, -0.25) is 14.8 Å². The highest BCUT2D eigenvalue weighted by Crippen LogP contribution is 2.31. The molecule has 7 nitrogen and oxygen atoms in total. The molecule has 1 aliphatic rings. The van der Waals surface area contributed by atoms with Crippen molar-refractivity contribution in [3.63, 3.8) is 0 Å². The smallest absolute Gasteiger partial charge is 0.275 e. The maximum atomic E-state index is 12.5. The lowest BCUT2D eigenvalue weighted by atomic mass is 10.1. The average Bonchev–Trinajstić information content (AvgIpc) is 3.33. The van der Waals surface area contributed by atoms with E-state index in [1.54, 1.807) is 18.7 Å². The van der Waals surface area contributed by atoms with Gasteiger partial charge in [-0.05, 0) is 32.9 Å². The Balaban J connectivity index is 1.53. The van der Waals surface area contributed by atoms with Crippen molar-refractivity contribution in [3.05, 3.63) is 57.1 Å². The minimum Gasteiger partial charge on any atom is -0.497 e. The number of nitrogens with zero attached hydrogens (tertiary/aromatic N) is 3. The van der Waals surface area contributed by atoms with Crippen molar-refractivity contribution in [2.45, 2.75) is 32.7 Å². The summed E-state index contributed by atoms with van der Waals surface area (Å²) in [5, 5.41) is 3.27. The molecule has 1 aliphatic heterocycles. The number of nitrogens with one attached hydrogen (secondary N) is 1. The van der Waals surface area contributed by atoms with Crippen LogP contribution in [0.3, 0.4) is 0 Å². The first-order chi connectivity index (χ1) is 13.5. The zero-order valence-electron chi connectivity index (χ0n) is 16.8. The standard InChI is InChI=1S/C21H26N4O3/c1-13-14(2)22-20-10-18(23-25(20)21(13)26)15-7-8-24(11-15)12-16-5-6-17(27-3)9-19(16)28-4/h5-6,9-10,15,23H,7-8,11-12H2,1-4H3. The number of rotatable bonds is 5. The van der Waals surface area contributed by atoms with Gasteiger partial charge in [0, 0.05) is 53.7 Å². The quantitative estimate of drug-likeness (QED) is 0.735. The first-order valence-electron chi connectivity index (χ1n) is 9.52. The molecular formula is C21H26N4O3. The number of hydrogen-bond donors (Lipinski definition) is 1. The second kappa shape index (κ2) is 7.31. The van der Waals surface area contributed by atoms with Crippen LogP contribution in [-0.2, 0) is 6.54 Å². The molecule has 7 heteroatoms. The van der Waals surface area contributed by atoms with E-state index >= 15 is 0 Å². The summed E-state index contributed by atoms with van der Waals surface area (Å²) >= 11 is 0. The highest BCUT2D eigenvalue weighted by Gasteiger charge is 2.26. The molecule has 1 unspecified atom stereocenters. The van der Waals surface area contributed by atoms with Gasteiger partial charge in [0.25, 0.3) is 5.56 Å². The van der Waals surface area contributed by atoms with E-state index in [1.165, 1.54) is 0 Å². The van der Waals surface area contributed by atoms with Gasteiger partial charge in [-0.1, -0.05) is 6.07 Å². The number of benzene rings is 1. The van der Waals surface area contributed by atoms with E-state index < -0.39 is 0 Å². The van der Waals surface area contributed by atoms with Crippen LogP contribution >= 0.6 is 0 Å². The van der Waals surface area contributed by atoms with Gasteiger partial charge in [0.15, 0.2) is 5.65 Å². The number of H-pyrrole nitrogens is 1. The van der Waals surface area contributed by atoms with Gasteiger partial charge in [0.05, 0.1) is 14.2 Å². The predicted octanol–water partition coefficient (Wildman–Crippen LogP) is 2.65. The molecule has 0 amide bonds. The second-order valence-electron chi connectivity index (χ2n) is 7.43. The second-order valence-corrected chi connectivity index (χ2v) is 7.43. The molecule has 0 saturated carbocycles. The van der Waals surface area contributed by atoms with E-state index in [9.17, 15) is 4.79 Å². The molecule has 4 rings (SSSR count). The maximum Gasteiger partial charge on any atom is 0.275 e. The topological polar surface area (TPSA) is 71.9 Å². The Labute approximate surface area is 163 Å². The summed E-state index contributed by atoms with van der Waals surface area (Å²) in [5.74, 6) is 1.99. The Hall–Kier alpha value is -2.80. The van der Waals surface area contributed by atoms with E-state index in [2.05, 4.69) is 21.0 Å². The molecule has 0 aliphatic carbocycles. The number of hydrogen-bond acceptors (Lipinski definition) is 5. The summed E-state index contributed by atoms with van der Waals surface area (Å²) in [7, 11) is 3.34. The molecule has 3 aromatic rings. The van der Waals surface area contributed by atoms with Gasteiger partial charge < -0.3 is 9.47 Å². The van der Waals surface area contributed by atoms with Crippen LogP contribution in [0.25, 0.3) is 5.65 Å². The van der Waals surface area contributed by atoms with E-state index in [4.69, 9.17) is 9.47 Å². The van der Waals surface area contributed by atoms with Crippen molar-refractivity contribution < 1.29 is 9.47 Å². The van der Waals surface area contributed by atoms with Gasteiger partial charge in [-0.25, -0.2) is 9.50 Å². The molecule has 1 N–H and O–H groups in total. The van der Waals surface area contributed by atoms with Crippen LogP contribution < -0.4 is 15.0 Å². The number of aryl methyl sites for hydroxylation is 1. The van der Waals surface area contributed by atoms with E-state index in [0.29, 0.717) is 17.1 Å². The van der Waals surface area contributed by atoms with Gasteiger partial charge >= 0.3 is 0 Å². The monoisotopic (exact) mass is 382 g/mol. The van der Waals surface area contributed by atoms with Crippen LogP contribution in [0.2, 0.25) is 0 Å². The molecule has 1 fully saturated rings. The summed E-state index contributed by atoms with van der Waals surface area (Å²) < 4.78 is 12.4. The third-order valence-corrected chi connectivity index (χ3v) is 5.70. The number of methoxy groups -OCH3 is 2. The molecule has 0 radical (unpaired) electrons. The van der Waals surface area contributed by atoms with Gasteiger partial charge in [-0.2, -0.15) is 0 Å². The summed E-state index contributed by atoms with van der Waals surface area (Å²) in [6.07, 6.45) is 1.04. The van der Waals surface area contributed by atoms with Crippen molar-refractivity contribution >= 4 is 5.65 Å². The minimum absolute atomic E-state index is 0.0217. The highest BCUT2D eigenvalue weighted by molar-refractivity contribution is 5.43. The molecular weight excluding hydrogens is 356 g/mol. The van der Waals surface area contributed by atoms with Crippen molar-refractivity contribution in [3.8, 4) is 11.5 Å². The van der Waals surface area contributed by atoms with Crippen LogP contribution in [0, 0.1) is 13.8 Å². The van der Waals surface area contributed by atoms with Crippen LogP contribution in [0.4, 0.5) is 0 Å². The lowest BCUT2D eigenvalue weighted by Gasteiger charge is -2.18. The fourth-order valence-corrected chi connectivity index (χ4v) is 3.90. The highest BCUT2D eigenvalue weighted by atomic mass is 16.5. The fourth-order valence-electron chi connectivity index (χ4n) is 3.90. The number of ether oxygens (including phenoxy) is 2. The molecule has 2 aromatic heterocycles. The Morgan fingerprint density at radius 2 is 2.04 bits per heavy atom. The maximum absolute atomic E-state index is 12.5. The van der Waals surface area contributed by atoms with Crippen LogP contribution in [-0.4, -0.2) is 46.8 Å².